The zero-order chi connectivity index (χ0) is 20.0. The highest BCUT2D eigenvalue weighted by molar-refractivity contribution is 5.94. The van der Waals surface area contributed by atoms with Gasteiger partial charge in [0.2, 0.25) is 0 Å². The third-order valence-corrected chi connectivity index (χ3v) is 4.09. The number of nitrogens with zero attached hydrogens (tertiary/aromatic N) is 2. The van der Waals surface area contributed by atoms with Crippen LogP contribution in [-0.4, -0.2) is 29.1 Å². The average molecular weight is 370 g/mol. The van der Waals surface area contributed by atoms with Gasteiger partial charge in [-0.1, -0.05) is 0 Å². The number of nitro benzene ring substituents is 1. The van der Waals surface area contributed by atoms with E-state index in [1.54, 1.807) is 19.1 Å². The topological polar surface area (TPSA) is 92.9 Å². The molecule has 0 amide bonds. The fourth-order valence-electron chi connectivity index (χ4n) is 2.56. The number of carbonyl (C=O) groups is 1. The van der Waals surface area contributed by atoms with Crippen molar-refractivity contribution < 1.29 is 19.6 Å². The number of benzene rings is 2. The fraction of sp³-hybridized carbons (Fsp3) is 0.250. The first-order valence-corrected chi connectivity index (χ1v) is 8.58. The van der Waals surface area contributed by atoms with E-state index in [9.17, 15) is 20.0 Å². The van der Waals surface area contributed by atoms with Gasteiger partial charge in [0.1, 0.15) is 11.5 Å². The van der Waals surface area contributed by atoms with Crippen LogP contribution in [0, 0.1) is 10.1 Å². The molecule has 0 aromatic heterocycles. The van der Waals surface area contributed by atoms with E-state index in [2.05, 4.69) is 4.90 Å². The van der Waals surface area contributed by atoms with Crippen molar-refractivity contribution in [3.8, 4) is 11.5 Å². The molecule has 2 aromatic rings. The highest BCUT2D eigenvalue weighted by atomic mass is 16.6. The van der Waals surface area contributed by atoms with E-state index in [4.69, 9.17) is 4.74 Å². The molecular formula is C20H22N2O5. The number of non-ortho nitro benzene ring substituents is 1. The average Bonchev–Trinajstić information content (AvgIpc) is 2.65. The summed E-state index contributed by atoms with van der Waals surface area (Å²) in [6.45, 7) is 7.29. The first-order valence-electron chi connectivity index (χ1n) is 8.58. The van der Waals surface area contributed by atoms with Gasteiger partial charge in [-0.05, 0) is 51.1 Å². The first-order chi connectivity index (χ1) is 12.8. The lowest BCUT2D eigenvalue weighted by Gasteiger charge is -2.21. The molecule has 0 atom stereocenters. The molecule has 27 heavy (non-hydrogen) atoms. The molecule has 7 nitrogen and oxygen atoms in total. The summed E-state index contributed by atoms with van der Waals surface area (Å²) in [5, 5.41) is 20.9. The second kappa shape index (κ2) is 8.84. The molecule has 0 unspecified atom stereocenters. The summed E-state index contributed by atoms with van der Waals surface area (Å²) in [7, 11) is 0. The standard InChI is InChI=1S/C20H22N2O5/c1-4-21(5-2)17-7-6-15(19(23)13-17)12-14(3)20(24)27-18-10-8-16(9-11-18)22(25)26/h6-13,23H,4-5H2,1-3H3. The second-order valence-electron chi connectivity index (χ2n) is 5.88. The highest BCUT2D eigenvalue weighted by Crippen LogP contribution is 2.27. The van der Waals surface area contributed by atoms with Crippen LogP contribution in [0.2, 0.25) is 0 Å². The number of aromatic hydroxyl groups is 1. The Morgan fingerprint density at radius 2 is 1.81 bits per heavy atom. The summed E-state index contributed by atoms with van der Waals surface area (Å²) < 4.78 is 5.20. The van der Waals surface area contributed by atoms with Crippen LogP contribution in [-0.2, 0) is 4.79 Å². The van der Waals surface area contributed by atoms with Crippen molar-refractivity contribution in [1.82, 2.24) is 0 Å². The number of carbonyl (C=O) groups excluding carboxylic acids is 1. The minimum atomic E-state index is -0.601. The molecular weight excluding hydrogens is 348 g/mol. The van der Waals surface area contributed by atoms with E-state index in [0.29, 0.717) is 11.1 Å². The molecule has 0 aliphatic rings. The molecule has 1 N–H and O–H groups in total. The number of rotatable bonds is 7. The molecule has 0 aliphatic carbocycles. The molecule has 0 saturated carbocycles. The van der Waals surface area contributed by atoms with Crippen LogP contribution in [0.5, 0.6) is 11.5 Å². The summed E-state index contributed by atoms with van der Waals surface area (Å²) in [5.74, 6) is -0.322. The maximum atomic E-state index is 12.2. The van der Waals surface area contributed by atoms with Gasteiger partial charge in [0, 0.05) is 48.1 Å². The number of esters is 1. The summed E-state index contributed by atoms with van der Waals surface area (Å²) in [6.07, 6.45) is 1.54. The van der Waals surface area contributed by atoms with Gasteiger partial charge in [-0.25, -0.2) is 4.79 Å². The molecule has 2 rings (SSSR count). The zero-order valence-corrected chi connectivity index (χ0v) is 15.5. The minimum absolute atomic E-state index is 0.0712. The van der Waals surface area contributed by atoms with E-state index >= 15 is 0 Å². The molecule has 0 heterocycles. The molecule has 142 valence electrons. The molecule has 0 fully saturated rings. The maximum absolute atomic E-state index is 12.2. The Bertz CT molecular complexity index is 855. The van der Waals surface area contributed by atoms with Crippen LogP contribution < -0.4 is 9.64 Å². The van der Waals surface area contributed by atoms with E-state index in [1.165, 1.54) is 30.3 Å². The van der Waals surface area contributed by atoms with Gasteiger partial charge >= 0.3 is 5.97 Å². The lowest BCUT2D eigenvalue weighted by atomic mass is 10.1. The Labute approximate surface area is 157 Å². The van der Waals surface area contributed by atoms with Crippen molar-refractivity contribution in [1.29, 1.82) is 0 Å². The van der Waals surface area contributed by atoms with Crippen LogP contribution in [0.15, 0.2) is 48.0 Å². The normalized spacial score (nSPS) is 11.1. The van der Waals surface area contributed by atoms with Crippen LogP contribution in [0.4, 0.5) is 11.4 Å². The summed E-state index contributed by atoms with van der Waals surface area (Å²) in [4.78, 5) is 24.4. The monoisotopic (exact) mass is 370 g/mol. The van der Waals surface area contributed by atoms with Gasteiger partial charge < -0.3 is 14.7 Å². The van der Waals surface area contributed by atoms with Gasteiger partial charge in [-0.3, -0.25) is 10.1 Å². The molecule has 0 radical (unpaired) electrons. The second-order valence-corrected chi connectivity index (χ2v) is 5.88. The largest absolute Gasteiger partial charge is 0.507 e. The number of phenols is 1. The van der Waals surface area contributed by atoms with E-state index < -0.39 is 10.9 Å². The van der Waals surface area contributed by atoms with Gasteiger partial charge in [0.15, 0.2) is 0 Å². The predicted molar refractivity (Wildman–Crippen MR) is 104 cm³/mol. The Morgan fingerprint density at radius 3 is 2.33 bits per heavy atom. The number of anilines is 1. The van der Waals surface area contributed by atoms with Crippen LogP contribution in [0.25, 0.3) is 6.08 Å². The lowest BCUT2D eigenvalue weighted by Crippen LogP contribution is -2.21. The number of ether oxygens (including phenoxy) is 1. The smallest absolute Gasteiger partial charge is 0.339 e. The van der Waals surface area contributed by atoms with Crippen molar-refractivity contribution in [2.24, 2.45) is 0 Å². The van der Waals surface area contributed by atoms with Gasteiger partial charge in [-0.2, -0.15) is 0 Å². The van der Waals surface area contributed by atoms with Crippen molar-refractivity contribution >= 4 is 23.4 Å². The molecule has 2 aromatic carbocycles. The maximum Gasteiger partial charge on any atom is 0.339 e. The molecule has 0 spiro atoms. The van der Waals surface area contributed by atoms with Gasteiger partial charge in [0.25, 0.3) is 5.69 Å². The third-order valence-electron chi connectivity index (χ3n) is 4.09. The Balaban J connectivity index is 2.13. The van der Waals surface area contributed by atoms with Crippen molar-refractivity contribution in [3.63, 3.8) is 0 Å². The molecule has 0 bridgehead atoms. The van der Waals surface area contributed by atoms with Gasteiger partial charge in [-0.15, -0.1) is 0 Å². The molecule has 0 aliphatic heterocycles. The number of hydrogen-bond donors (Lipinski definition) is 1. The zero-order valence-electron chi connectivity index (χ0n) is 15.5. The number of nitro groups is 1. The summed E-state index contributed by atoms with van der Waals surface area (Å²) in [6, 6.07) is 10.5. The van der Waals surface area contributed by atoms with Crippen molar-refractivity contribution in [2.45, 2.75) is 20.8 Å². The number of hydrogen-bond acceptors (Lipinski definition) is 6. The van der Waals surface area contributed by atoms with Crippen molar-refractivity contribution in [3.05, 3.63) is 63.7 Å². The van der Waals surface area contributed by atoms with Crippen LogP contribution >= 0.6 is 0 Å². The lowest BCUT2D eigenvalue weighted by molar-refractivity contribution is -0.384. The highest BCUT2D eigenvalue weighted by Gasteiger charge is 2.12. The SMILES string of the molecule is CCN(CC)c1ccc(C=C(C)C(=O)Oc2ccc([N+](=O)[O-])cc2)c(O)c1. The Kier molecular flexibility index (Phi) is 6.54. The molecule has 7 heteroatoms. The fourth-order valence-corrected chi connectivity index (χ4v) is 2.56. The molecule has 0 saturated heterocycles. The predicted octanol–water partition coefficient (Wildman–Crippen LogP) is 4.16. The van der Waals surface area contributed by atoms with Gasteiger partial charge in [0.05, 0.1) is 4.92 Å². The van der Waals surface area contributed by atoms with Crippen LogP contribution in [0.1, 0.15) is 26.3 Å². The summed E-state index contributed by atoms with van der Waals surface area (Å²) in [5.41, 5.74) is 1.62. The van der Waals surface area contributed by atoms with E-state index in [0.717, 1.165) is 18.8 Å². The summed E-state index contributed by atoms with van der Waals surface area (Å²) >= 11 is 0. The Morgan fingerprint density at radius 1 is 1.19 bits per heavy atom. The van der Waals surface area contributed by atoms with Crippen molar-refractivity contribution in [2.75, 3.05) is 18.0 Å². The third kappa shape index (κ3) is 5.07. The van der Waals surface area contributed by atoms with E-state index in [1.807, 2.05) is 19.9 Å². The van der Waals surface area contributed by atoms with E-state index in [-0.39, 0.29) is 17.2 Å². The number of phenolic OH excluding ortho intramolecular Hbond substituents is 1. The first kappa shape index (κ1) is 20.0. The minimum Gasteiger partial charge on any atom is -0.507 e. The quantitative estimate of drug-likeness (QED) is 0.259. The van der Waals surface area contributed by atoms with Crippen LogP contribution in [0.3, 0.4) is 0 Å². The Hall–Kier alpha value is -3.35.